The third-order valence-electron chi connectivity index (χ3n) is 4.26. The van der Waals surface area contributed by atoms with Gasteiger partial charge in [-0.3, -0.25) is 9.59 Å². The number of hydrogen-bond acceptors (Lipinski definition) is 4. The van der Waals surface area contributed by atoms with Crippen LogP contribution in [0.1, 0.15) is 32.8 Å². The lowest BCUT2D eigenvalue weighted by Gasteiger charge is -2.20. The number of likely N-dealkylation sites (N-methyl/N-ethyl adjacent to an activating group) is 1. The van der Waals surface area contributed by atoms with Crippen molar-refractivity contribution in [3.8, 4) is 0 Å². The molecule has 0 atom stereocenters. The van der Waals surface area contributed by atoms with Gasteiger partial charge >= 0.3 is 0 Å². The number of carbonyl (C=O) groups is 2. The van der Waals surface area contributed by atoms with Crippen LogP contribution in [0.4, 0.5) is 11.4 Å². The van der Waals surface area contributed by atoms with Gasteiger partial charge < -0.3 is 10.6 Å². The predicted molar refractivity (Wildman–Crippen MR) is 114 cm³/mol. The van der Waals surface area contributed by atoms with Crippen molar-refractivity contribution >= 4 is 33.2 Å². The highest BCUT2D eigenvalue weighted by Gasteiger charge is 2.25. The minimum Gasteiger partial charge on any atom is -0.326 e. The van der Waals surface area contributed by atoms with Gasteiger partial charge in [0.1, 0.15) is 0 Å². The molecule has 0 aliphatic carbocycles. The fourth-order valence-electron chi connectivity index (χ4n) is 2.83. The molecule has 0 radical (unpaired) electrons. The van der Waals surface area contributed by atoms with E-state index in [0.29, 0.717) is 11.4 Å². The Morgan fingerprint density at radius 3 is 1.93 bits per heavy atom. The Kier molecular flexibility index (Phi) is 7.92. The lowest BCUT2D eigenvalue weighted by Crippen LogP contribution is -2.37. The van der Waals surface area contributed by atoms with Crippen LogP contribution in [0.5, 0.6) is 0 Å². The van der Waals surface area contributed by atoms with Gasteiger partial charge in [-0.25, -0.2) is 8.42 Å². The van der Waals surface area contributed by atoms with Crippen molar-refractivity contribution in [2.24, 2.45) is 0 Å². The molecular formula is C21H27N3O4S. The number of benzene rings is 2. The van der Waals surface area contributed by atoms with Crippen LogP contribution in [-0.2, 0) is 26.0 Å². The Hall–Kier alpha value is -2.71. The molecule has 7 nitrogen and oxygen atoms in total. The SMILES string of the molecule is CCCc1ccc(S(=O)(=O)N(CC)CC(=O)Nc2ccc(NC(C)=O)cc2)cc1. The number of rotatable bonds is 9. The fourth-order valence-corrected chi connectivity index (χ4v) is 4.24. The number of nitrogens with one attached hydrogen (secondary N) is 2. The zero-order valence-corrected chi connectivity index (χ0v) is 17.8. The molecule has 0 heterocycles. The maximum Gasteiger partial charge on any atom is 0.243 e. The van der Waals surface area contributed by atoms with Crippen molar-refractivity contribution in [1.29, 1.82) is 0 Å². The molecule has 2 aromatic rings. The zero-order chi connectivity index (χ0) is 21.4. The third-order valence-corrected chi connectivity index (χ3v) is 6.20. The topological polar surface area (TPSA) is 95.6 Å². The molecule has 8 heteroatoms. The van der Waals surface area contributed by atoms with E-state index >= 15 is 0 Å². The van der Waals surface area contributed by atoms with Gasteiger partial charge in [0.15, 0.2) is 0 Å². The molecule has 2 aromatic carbocycles. The molecule has 0 saturated carbocycles. The Balaban J connectivity index is 2.05. The van der Waals surface area contributed by atoms with Crippen LogP contribution in [0.3, 0.4) is 0 Å². The summed E-state index contributed by atoms with van der Waals surface area (Å²) in [5.41, 5.74) is 2.20. The first kappa shape index (κ1) is 22.6. The fraction of sp³-hybridized carbons (Fsp3) is 0.333. The Bertz CT molecular complexity index is 939. The van der Waals surface area contributed by atoms with Gasteiger partial charge in [0.2, 0.25) is 21.8 Å². The summed E-state index contributed by atoms with van der Waals surface area (Å²) in [6.45, 7) is 5.05. The Labute approximate surface area is 172 Å². The van der Waals surface area contributed by atoms with Crippen LogP contribution in [0.2, 0.25) is 0 Å². The lowest BCUT2D eigenvalue weighted by molar-refractivity contribution is -0.116. The quantitative estimate of drug-likeness (QED) is 0.655. The first-order valence-electron chi connectivity index (χ1n) is 9.52. The third kappa shape index (κ3) is 6.40. The van der Waals surface area contributed by atoms with Crippen LogP contribution >= 0.6 is 0 Å². The molecule has 29 heavy (non-hydrogen) atoms. The molecule has 156 valence electrons. The largest absolute Gasteiger partial charge is 0.326 e. The van der Waals surface area contributed by atoms with E-state index in [4.69, 9.17) is 0 Å². The van der Waals surface area contributed by atoms with Gasteiger partial charge in [-0.1, -0.05) is 32.4 Å². The van der Waals surface area contributed by atoms with Crippen molar-refractivity contribution in [3.05, 3.63) is 54.1 Å². The maximum absolute atomic E-state index is 12.9. The number of nitrogens with zero attached hydrogens (tertiary/aromatic N) is 1. The van der Waals surface area contributed by atoms with Crippen molar-refractivity contribution in [3.63, 3.8) is 0 Å². The summed E-state index contributed by atoms with van der Waals surface area (Å²) in [5, 5.41) is 5.32. The molecule has 2 amide bonds. The molecule has 0 aromatic heterocycles. The van der Waals surface area contributed by atoms with Gasteiger partial charge in [0, 0.05) is 24.8 Å². The molecule has 0 saturated heterocycles. The van der Waals surface area contributed by atoms with Crippen molar-refractivity contribution in [2.75, 3.05) is 23.7 Å². The molecule has 0 aliphatic rings. The molecular weight excluding hydrogens is 390 g/mol. The average molecular weight is 418 g/mol. The summed E-state index contributed by atoms with van der Waals surface area (Å²) in [5.74, 6) is -0.626. The second-order valence-corrected chi connectivity index (χ2v) is 8.57. The van der Waals surface area contributed by atoms with E-state index in [0.717, 1.165) is 22.7 Å². The summed E-state index contributed by atoms with van der Waals surface area (Å²) in [6, 6.07) is 13.4. The van der Waals surface area contributed by atoms with E-state index in [1.165, 1.54) is 6.92 Å². The predicted octanol–water partition coefficient (Wildman–Crippen LogP) is 3.25. The van der Waals surface area contributed by atoms with Gasteiger partial charge in [-0.2, -0.15) is 4.31 Å². The molecule has 0 aliphatic heterocycles. The number of amides is 2. The van der Waals surface area contributed by atoms with Crippen LogP contribution in [0, 0.1) is 0 Å². The maximum atomic E-state index is 12.9. The van der Waals surface area contributed by atoms with Crippen LogP contribution in [-0.4, -0.2) is 37.6 Å². The van der Waals surface area contributed by atoms with E-state index < -0.39 is 15.9 Å². The van der Waals surface area contributed by atoms with Gasteiger partial charge in [0.05, 0.1) is 11.4 Å². The molecule has 2 N–H and O–H groups in total. The molecule has 0 unspecified atom stereocenters. The summed E-state index contributed by atoms with van der Waals surface area (Å²) < 4.78 is 26.9. The minimum atomic E-state index is -3.77. The number of aryl methyl sites for hydroxylation is 1. The highest BCUT2D eigenvalue weighted by molar-refractivity contribution is 7.89. The smallest absolute Gasteiger partial charge is 0.243 e. The highest BCUT2D eigenvalue weighted by atomic mass is 32.2. The van der Waals surface area contributed by atoms with Gasteiger partial charge in [0.25, 0.3) is 0 Å². The minimum absolute atomic E-state index is 0.173. The van der Waals surface area contributed by atoms with E-state index in [9.17, 15) is 18.0 Å². The Morgan fingerprint density at radius 1 is 0.897 bits per heavy atom. The highest BCUT2D eigenvalue weighted by Crippen LogP contribution is 2.18. The van der Waals surface area contributed by atoms with Gasteiger partial charge in [-0.15, -0.1) is 0 Å². The van der Waals surface area contributed by atoms with Crippen LogP contribution in [0.15, 0.2) is 53.4 Å². The first-order chi connectivity index (χ1) is 13.8. The molecule has 0 bridgehead atoms. The summed E-state index contributed by atoms with van der Waals surface area (Å²) in [7, 11) is -3.77. The van der Waals surface area contributed by atoms with E-state index in [2.05, 4.69) is 17.6 Å². The zero-order valence-electron chi connectivity index (χ0n) is 16.9. The molecule has 0 spiro atoms. The monoisotopic (exact) mass is 417 g/mol. The standard InChI is InChI=1S/C21H27N3O4S/c1-4-6-17-7-13-20(14-8-17)29(27,28)24(5-2)15-21(26)23-19-11-9-18(10-12-19)22-16(3)25/h7-14H,4-6,15H2,1-3H3,(H,22,25)(H,23,26). The number of sulfonamides is 1. The van der Waals surface area contributed by atoms with Crippen molar-refractivity contribution in [1.82, 2.24) is 4.31 Å². The Morgan fingerprint density at radius 2 is 1.45 bits per heavy atom. The number of anilines is 2. The van der Waals surface area contributed by atoms with E-state index in [1.807, 2.05) is 0 Å². The van der Waals surface area contributed by atoms with Gasteiger partial charge in [-0.05, 0) is 48.4 Å². The van der Waals surface area contributed by atoms with Crippen molar-refractivity contribution < 1.29 is 18.0 Å². The van der Waals surface area contributed by atoms with Crippen molar-refractivity contribution in [2.45, 2.75) is 38.5 Å². The lowest BCUT2D eigenvalue weighted by atomic mass is 10.1. The summed E-state index contributed by atoms with van der Waals surface area (Å²) >= 11 is 0. The van der Waals surface area contributed by atoms with Crippen LogP contribution < -0.4 is 10.6 Å². The van der Waals surface area contributed by atoms with E-state index in [-0.39, 0.29) is 23.9 Å². The van der Waals surface area contributed by atoms with E-state index in [1.54, 1.807) is 55.5 Å². The summed E-state index contributed by atoms with van der Waals surface area (Å²) in [6.07, 6.45) is 1.88. The molecule has 2 rings (SSSR count). The second kappa shape index (κ2) is 10.2. The number of hydrogen-bond donors (Lipinski definition) is 2. The second-order valence-electron chi connectivity index (χ2n) is 6.63. The summed E-state index contributed by atoms with van der Waals surface area (Å²) in [4.78, 5) is 23.6. The van der Waals surface area contributed by atoms with Crippen LogP contribution in [0.25, 0.3) is 0 Å². The first-order valence-corrected chi connectivity index (χ1v) is 11.0. The molecule has 0 fully saturated rings. The normalized spacial score (nSPS) is 11.3. The average Bonchev–Trinajstić information content (AvgIpc) is 2.68. The number of carbonyl (C=O) groups excluding carboxylic acids is 2.